The molecule has 1 heterocycles. The van der Waals surface area contributed by atoms with Crippen LogP contribution in [-0.4, -0.2) is 47.4 Å². The Labute approximate surface area is 177 Å². The molecule has 6 heteroatoms. The molecule has 1 aliphatic heterocycles. The van der Waals surface area contributed by atoms with Crippen LogP contribution < -0.4 is 0 Å². The number of cyclic esters (lactones) is 1. The highest BCUT2D eigenvalue weighted by Gasteiger charge is 2.41. The Bertz CT molecular complexity index is 811. The van der Waals surface area contributed by atoms with Crippen LogP contribution in [0, 0.1) is 5.92 Å². The van der Waals surface area contributed by atoms with Crippen molar-refractivity contribution in [1.82, 2.24) is 4.90 Å². The van der Waals surface area contributed by atoms with Gasteiger partial charge in [-0.05, 0) is 30.4 Å². The van der Waals surface area contributed by atoms with Crippen molar-refractivity contribution in [1.29, 1.82) is 0 Å². The Morgan fingerprint density at radius 3 is 2.43 bits per heavy atom. The Kier molecular flexibility index (Phi) is 7.99. The third kappa shape index (κ3) is 5.90. The van der Waals surface area contributed by atoms with Gasteiger partial charge in [0.25, 0.3) is 0 Å². The van der Waals surface area contributed by atoms with Crippen LogP contribution in [0.5, 0.6) is 0 Å². The number of imide groups is 1. The van der Waals surface area contributed by atoms with Gasteiger partial charge in [-0.2, -0.15) is 0 Å². The van der Waals surface area contributed by atoms with Gasteiger partial charge in [-0.15, -0.1) is 0 Å². The molecule has 30 heavy (non-hydrogen) atoms. The fraction of sp³-hybridized carbons (Fsp3) is 0.417. The third-order valence-corrected chi connectivity index (χ3v) is 5.38. The number of ether oxygens (including phenoxy) is 2. The van der Waals surface area contributed by atoms with E-state index in [1.54, 1.807) is 6.92 Å². The third-order valence-electron chi connectivity index (χ3n) is 5.38. The van der Waals surface area contributed by atoms with Gasteiger partial charge in [0, 0.05) is 6.61 Å². The molecule has 1 N–H and O–H groups in total. The van der Waals surface area contributed by atoms with Crippen molar-refractivity contribution in [2.75, 3.05) is 13.2 Å². The van der Waals surface area contributed by atoms with Crippen molar-refractivity contribution in [3.63, 3.8) is 0 Å². The number of aliphatic hydroxyl groups excluding tert-OH is 1. The van der Waals surface area contributed by atoms with Crippen LogP contribution in [0.25, 0.3) is 0 Å². The fourth-order valence-corrected chi connectivity index (χ4v) is 3.56. The highest BCUT2D eigenvalue weighted by molar-refractivity contribution is 5.94. The van der Waals surface area contributed by atoms with Gasteiger partial charge in [0.05, 0.1) is 24.7 Å². The number of hydrogen-bond acceptors (Lipinski definition) is 5. The Morgan fingerprint density at radius 1 is 1.13 bits per heavy atom. The van der Waals surface area contributed by atoms with E-state index in [0.29, 0.717) is 32.5 Å². The van der Waals surface area contributed by atoms with E-state index in [-0.39, 0.29) is 12.6 Å². The van der Waals surface area contributed by atoms with Crippen molar-refractivity contribution in [2.24, 2.45) is 5.92 Å². The smallest absolute Gasteiger partial charge is 0.416 e. The van der Waals surface area contributed by atoms with Gasteiger partial charge in [0.15, 0.2) is 0 Å². The zero-order valence-corrected chi connectivity index (χ0v) is 17.3. The average Bonchev–Trinajstić information content (AvgIpc) is 3.13. The minimum absolute atomic E-state index is 0.176. The normalized spacial score (nSPS) is 18.1. The monoisotopic (exact) mass is 411 g/mol. The predicted molar refractivity (Wildman–Crippen MR) is 113 cm³/mol. The first-order valence-corrected chi connectivity index (χ1v) is 10.4. The van der Waals surface area contributed by atoms with Gasteiger partial charge in [0.1, 0.15) is 6.61 Å². The summed E-state index contributed by atoms with van der Waals surface area (Å²) in [6, 6.07) is 19.2. The van der Waals surface area contributed by atoms with E-state index in [1.165, 1.54) is 4.90 Å². The maximum atomic E-state index is 12.9. The van der Waals surface area contributed by atoms with Crippen molar-refractivity contribution in [3.8, 4) is 0 Å². The number of amides is 2. The highest BCUT2D eigenvalue weighted by Crippen LogP contribution is 2.22. The largest absolute Gasteiger partial charge is 0.447 e. The van der Waals surface area contributed by atoms with E-state index < -0.39 is 24.0 Å². The summed E-state index contributed by atoms with van der Waals surface area (Å²) in [6.45, 7) is 2.85. The lowest BCUT2D eigenvalue weighted by molar-refractivity contribution is -0.136. The number of nitrogens with zero attached hydrogens (tertiary/aromatic N) is 1. The molecule has 0 aliphatic carbocycles. The number of aliphatic hydroxyl groups is 1. The summed E-state index contributed by atoms with van der Waals surface area (Å²) in [5.41, 5.74) is 2.13. The van der Waals surface area contributed by atoms with Crippen LogP contribution in [0.15, 0.2) is 60.7 Å². The minimum Gasteiger partial charge on any atom is -0.447 e. The van der Waals surface area contributed by atoms with E-state index in [4.69, 9.17) is 9.47 Å². The second-order valence-corrected chi connectivity index (χ2v) is 7.67. The highest BCUT2D eigenvalue weighted by atomic mass is 16.6. The van der Waals surface area contributed by atoms with Crippen LogP contribution in [0.2, 0.25) is 0 Å². The summed E-state index contributed by atoms with van der Waals surface area (Å²) >= 11 is 0. The van der Waals surface area contributed by atoms with Crippen LogP contribution in [0.1, 0.15) is 30.9 Å². The summed E-state index contributed by atoms with van der Waals surface area (Å²) in [6.07, 6.45) is 0.112. The van der Waals surface area contributed by atoms with Gasteiger partial charge >= 0.3 is 6.09 Å². The van der Waals surface area contributed by atoms with Crippen LogP contribution in [0.4, 0.5) is 4.79 Å². The lowest BCUT2D eigenvalue weighted by atomic mass is 9.97. The topological polar surface area (TPSA) is 76.1 Å². The quantitative estimate of drug-likeness (QED) is 0.605. The molecule has 0 radical (unpaired) electrons. The predicted octanol–water partition coefficient (Wildman–Crippen LogP) is 3.57. The van der Waals surface area contributed by atoms with Crippen molar-refractivity contribution >= 4 is 12.0 Å². The van der Waals surface area contributed by atoms with Gasteiger partial charge in [0.2, 0.25) is 5.91 Å². The van der Waals surface area contributed by atoms with Crippen molar-refractivity contribution < 1.29 is 24.2 Å². The zero-order chi connectivity index (χ0) is 21.3. The molecule has 0 spiro atoms. The summed E-state index contributed by atoms with van der Waals surface area (Å²) in [5, 5.41) is 10.5. The Morgan fingerprint density at radius 2 is 1.77 bits per heavy atom. The number of carbonyl (C=O) groups is 2. The first-order chi connectivity index (χ1) is 14.6. The van der Waals surface area contributed by atoms with Gasteiger partial charge in [-0.25, -0.2) is 9.69 Å². The van der Waals surface area contributed by atoms with E-state index >= 15 is 0 Å². The SMILES string of the molecule is C[C@@H](C(=O)N1C(=O)OC[C@H]1Cc1ccccc1)[C@@H](O)CCCOCc1ccccc1. The number of rotatable bonds is 10. The van der Waals surface area contributed by atoms with Crippen LogP contribution in [-0.2, 0) is 27.3 Å². The molecule has 160 valence electrons. The molecule has 0 saturated carbocycles. The van der Waals surface area contributed by atoms with Crippen molar-refractivity contribution in [2.45, 2.75) is 44.9 Å². The van der Waals surface area contributed by atoms with E-state index in [2.05, 4.69) is 0 Å². The van der Waals surface area contributed by atoms with E-state index in [9.17, 15) is 14.7 Å². The number of hydrogen-bond donors (Lipinski definition) is 1. The number of benzene rings is 2. The summed E-state index contributed by atoms with van der Waals surface area (Å²) in [7, 11) is 0. The molecular weight excluding hydrogens is 382 g/mol. The lowest BCUT2D eigenvalue weighted by Gasteiger charge is -2.25. The Balaban J connectivity index is 1.46. The molecule has 3 rings (SSSR count). The maximum Gasteiger partial charge on any atom is 0.416 e. The van der Waals surface area contributed by atoms with E-state index in [1.807, 2.05) is 60.7 Å². The molecule has 0 unspecified atom stereocenters. The van der Waals surface area contributed by atoms with Gasteiger partial charge in [-0.1, -0.05) is 67.6 Å². The molecule has 2 aromatic carbocycles. The summed E-state index contributed by atoms with van der Waals surface area (Å²) < 4.78 is 10.8. The molecular formula is C24H29NO5. The maximum absolute atomic E-state index is 12.9. The molecule has 0 bridgehead atoms. The standard InChI is InChI=1S/C24H29NO5/c1-18(22(26)13-8-14-29-16-20-11-6-3-7-12-20)23(27)25-21(17-30-24(25)28)15-19-9-4-2-5-10-19/h2-7,9-12,18,21-22,26H,8,13-17H2,1H3/t18-,21-,22+/m1/s1. The molecule has 0 aromatic heterocycles. The second kappa shape index (κ2) is 10.9. The lowest BCUT2D eigenvalue weighted by Crippen LogP contribution is -2.45. The molecule has 6 nitrogen and oxygen atoms in total. The molecule has 2 amide bonds. The van der Waals surface area contributed by atoms with E-state index in [0.717, 1.165) is 11.1 Å². The molecule has 1 aliphatic rings. The van der Waals surface area contributed by atoms with Crippen molar-refractivity contribution in [3.05, 3.63) is 71.8 Å². The number of carbonyl (C=O) groups excluding carboxylic acids is 2. The van der Waals surface area contributed by atoms with Crippen LogP contribution in [0.3, 0.4) is 0 Å². The van der Waals surface area contributed by atoms with Gasteiger partial charge in [-0.3, -0.25) is 4.79 Å². The summed E-state index contributed by atoms with van der Waals surface area (Å²) in [5.74, 6) is -1.08. The first-order valence-electron chi connectivity index (χ1n) is 10.4. The molecule has 1 fully saturated rings. The Hall–Kier alpha value is -2.70. The minimum atomic E-state index is -0.844. The van der Waals surface area contributed by atoms with Gasteiger partial charge < -0.3 is 14.6 Å². The fourth-order valence-electron chi connectivity index (χ4n) is 3.56. The molecule has 3 atom stereocenters. The molecule has 1 saturated heterocycles. The second-order valence-electron chi connectivity index (χ2n) is 7.67. The summed E-state index contributed by atoms with van der Waals surface area (Å²) in [4.78, 5) is 26.2. The molecule has 2 aromatic rings. The zero-order valence-electron chi connectivity index (χ0n) is 17.3. The average molecular weight is 411 g/mol. The first kappa shape index (κ1) is 22.0. The van der Waals surface area contributed by atoms with Crippen LogP contribution >= 0.6 is 0 Å².